The Bertz CT molecular complexity index is 4010. The normalized spacial score (nSPS) is 11.4. The number of carboxylic acids is 5. The van der Waals surface area contributed by atoms with Crippen LogP contribution in [-0.4, -0.2) is 82.0 Å². The van der Waals surface area contributed by atoms with Gasteiger partial charge in [-0.25, -0.2) is 9.59 Å². The van der Waals surface area contributed by atoms with E-state index in [1.54, 1.807) is 87.5 Å². The lowest BCUT2D eigenvalue weighted by atomic mass is 9.97. The summed E-state index contributed by atoms with van der Waals surface area (Å²) in [5.74, 6) is -5.85. The van der Waals surface area contributed by atoms with Crippen LogP contribution in [0, 0.1) is 12.8 Å². The Kier molecular flexibility index (Phi) is 25.7. The van der Waals surface area contributed by atoms with E-state index in [1.807, 2.05) is 60.7 Å². The fourth-order valence-electron chi connectivity index (χ4n) is 8.96. The van der Waals surface area contributed by atoms with Gasteiger partial charge in [-0.1, -0.05) is 116 Å². The number of fused-ring (bicyclic) bond motifs is 2. The van der Waals surface area contributed by atoms with Crippen LogP contribution >= 0.6 is 11.6 Å². The van der Waals surface area contributed by atoms with E-state index in [1.165, 1.54) is 53.5 Å². The highest BCUT2D eigenvalue weighted by Crippen LogP contribution is 2.33. The third-order valence-electron chi connectivity index (χ3n) is 13.7. The quantitative estimate of drug-likeness (QED) is 0.0330. The predicted molar refractivity (Wildman–Crippen MR) is 335 cm³/mol. The average Bonchev–Trinajstić information content (AvgIpc) is 1.71. The van der Waals surface area contributed by atoms with Crippen molar-refractivity contribution in [3.8, 4) is 5.75 Å². The second kappa shape index (κ2) is 32.7. The average molecular weight is 1260 g/mol. The molecule has 0 saturated heterocycles. The Morgan fingerprint density at radius 2 is 1.12 bits per heavy atom. The standard InChI is InChI=1S/C19H16ClNO4.C14H10F3NO2.C14H14O3.C13H18O2.C9H8O4/c1-11-15(9-18(23)24)16-8-12(10-22)2-7-17(16)21(11)19(25)13-3-5-14(20)6-4-13;15-14(16,17)9-4-3-5-10(8-9)18-12-7-2-1-6-11(12)13(19)20;1-9(14(16)17)11-4-5-12-6-10(8-15)2-3-13(12)7-11;1-9(2)8-11-4-6-12(7-5-11)10(3)13(14)15;1-6(10)13-8-5-3-2-4-7(8)9(11)12/h2-8,22H,9-10H2,1H3,(H,23,24);1-8,18H,(H,19,20);2-7,9,15H,8H2,1H3,(H,16,17);4-7,9-10H,8H2,1-3H3,(H,14,15);2-5H,1H3,(H,11,12)/t;;9-;;/m..0../s1. The highest BCUT2D eigenvalue weighted by Gasteiger charge is 2.30. The molecular formula is C69H66ClF3N2O15. The predicted octanol–water partition coefficient (Wildman–Crippen LogP) is 14.5. The van der Waals surface area contributed by atoms with Crippen LogP contribution in [0.15, 0.2) is 176 Å². The summed E-state index contributed by atoms with van der Waals surface area (Å²) in [6.07, 6.45) is -3.59. The van der Waals surface area contributed by atoms with Gasteiger partial charge in [0.05, 0.1) is 53.8 Å². The molecule has 90 heavy (non-hydrogen) atoms. The Hall–Kier alpha value is -10.2. The number of hydrogen-bond donors (Lipinski definition) is 8. The van der Waals surface area contributed by atoms with Crippen LogP contribution in [0.3, 0.4) is 0 Å². The molecule has 0 aliphatic rings. The number of rotatable bonds is 16. The van der Waals surface area contributed by atoms with Gasteiger partial charge in [0.25, 0.3) is 5.91 Å². The molecule has 0 amide bonds. The molecule has 9 aromatic rings. The number of carbonyl (C=O) groups is 7. The number of halogens is 4. The summed E-state index contributed by atoms with van der Waals surface area (Å²) < 4.78 is 44.0. The van der Waals surface area contributed by atoms with E-state index in [-0.39, 0.29) is 53.8 Å². The van der Waals surface area contributed by atoms with Crippen molar-refractivity contribution in [2.45, 2.75) is 85.6 Å². The molecule has 2 atom stereocenters. The van der Waals surface area contributed by atoms with Crippen molar-refractivity contribution in [2.75, 3.05) is 5.32 Å². The van der Waals surface area contributed by atoms with E-state index in [2.05, 4.69) is 23.9 Å². The van der Waals surface area contributed by atoms with Crippen LogP contribution in [0.2, 0.25) is 5.02 Å². The molecule has 1 heterocycles. The van der Waals surface area contributed by atoms with Gasteiger partial charge < -0.3 is 45.8 Å². The second-order valence-corrected chi connectivity index (χ2v) is 21.2. The lowest BCUT2D eigenvalue weighted by molar-refractivity contribution is -0.139. The molecule has 1 unspecified atom stereocenters. The van der Waals surface area contributed by atoms with Crippen LogP contribution in [0.4, 0.5) is 24.5 Å². The number of aromatic nitrogens is 1. The first-order valence-corrected chi connectivity index (χ1v) is 28.1. The van der Waals surface area contributed by atoms with Gasteiger partial charge in [-0.05, 0) is 162 Å². The number of nitrogens with zero attached hydrogens (tertiary/aromatic N) is 1. The number of esters is 1. The molecule has 1 aromatic heterocycles. The molecule has 0 aliphatic carbocycles. The van der Waals surface area contributed by atoms with Crippen LogP contribution in [-0.2, 0) is 51.4 Å². The van der Waals surface area contributed by atoms with Crippen molar-refractivity contribution >= 4 is 86.4 Å². The van der Waals surface area contributed by atoms with Crippen molar-refractivity contribution in [3.05, 3.63) is 242 Å². The number of aromatic carboxylic acids is 2. The number of anilines is 2. The molecule has 0 saturated carbocycles. The number of aliphatic hydroxyl groups is 2. The van der Waals surface area contributed by atoms with Crippen LogP contribution in [0.5, 0.6) is 5.75 Å². The first-order chi connectivity index (χ1) is 42.5. The Labute approximate surface area is 520 Å². The zero-order chi connectivity index (χ0) is 66.6. The van der Waals surface area contributed by atoms with Crippen molar-refractivity contribution < 1.29 is 87.2 Å². The van der Waals surface area contributed by atoms with Crippen LogP contribution < -0.4 is 10.1 Å². The summed E-state index contributed by atoms with van der Waals surface area (Å²) >= 11 is 5.88. The summed E-state index contributed by atoms with van der Waals surface area (Å²) in [6, 6.07) is 47.4. The van der Waals surface area contributed by atoms with E-state index in [0.717, 1.165) is 46.0 Å². The molecule has 0 fully saturated rings. The van der Waals surface area contributed by atoms with Crippen LogP contribution in [0.25, 0.3) is 21.7 Å². The van der Waals surface area contributed by atoms with Crippen LogP contribution in [0.1, 0.15) is 122 Å². The number of aliphatic carboxylic acids is 3. The van der Waals surface area contributed by atoms with Crippen molar-refractivity contribution in [3.63, 3.8) is 0 Å². The minimum Gasteiger partial charge on any atom is -0.481 e. The number of aliphatic hydroxyl groups excluding tert-OH is 2. The van der Waals surface area contributed by atoms with Gasteiger partial charge in [-0.3, -0.25) is 28.5 Å². The summed E-state index contributed by atoms with van der Waals surface area (Å²) in [5.41, 5.74) is 6.26. The number of benzene rings is 8. The number of alkyl halides is 3. The van der Waals surface area contributed by atoms with E-state index < -0.39 is 59.4 Å². The summed E-state index contributed by atoms with van der Waals surface area (Å²) in [6.45, 7) is 10.5. The lowest BCUT2D eigenvalue weighted by Crippen LogP contribution is -2.14. The fraction of sp³-hybridized carbons (Fsp3) is 0.203. The van der Waals surface area contributed by atoms with Crippen molar-refractivity contribution in [2.24, 2.45) is 5.92 Å². The first kappa shape index (κ1) is 70.6. The topological polar surface area (TPSA) is 287 Å². The molecule has 470 valence electrons. The maximum Gasteiger partial charge on any atom is 0.416 e. The number of para-hydroxylation sites is 2. The molecule has 17 nitrogen and oxygen atoms in total. The zero-order valence-electron chi connectivity index (χ0n) is 49.7. The Morgan fingerprint density at radius 3 is 1.69 bits per heavy atom. The molecule has 8 N–H and O–H groups in total. The monoisotopic (exact) mass is 1250 g/mol. The van der Waals surface area contributed by atoms with E-state index in [4.69, 9.17) is 37.1 Å². The summed E-state index contributed by atoms with van der Waals surface area (Å²) in [7, 11) is 0. The first-order valence-electron chi connectivity index (χ1n) is 27.7. The largest absolute Gasteiger partial charge is 0.481 e. The van der Waals surface area contributed by atoms with Gasteiger partial charge in [0.1, 0.15) is 11.3 Å². The number of ether oxygens (including phenoxy) is 1. The van der Waals surface area contributed by atoms with E-state index in [9.17, 15) is 56.9 Å². The lowest BCUT2D eigenvalue weighted by Gasteiger charge is -2.12. The number of carbonyl (C=O) groups excluding carboxylic acids is 2. The third-order valence-corrected chi connectivity index (χ3v) is 13.9. The van der Waals surface area contributed by atoms with Crippen molar-refractivity contribution in [1.82, 2.24) is 4.57 Å². The molecule has 9 rings (SSSR count). The number of hydrogen-bond acceptors (Lipinski definition) is 11. The maximum absolute atomic E-state index is 13.0. The fourth-order valence-corrected chi connectivity index (χ4v) is 9.09. The molecule has 0 radical (unpaired) electrons. The third kappa shape index (κ3) is 20.2. The van der Waals surface area contributed by atoms with Crippen molar-refractivity contribution in [1.29, 1.82) is 0 Å². The number of nitrogens with one attached hydrogen (secondary N) is 1. The van der Waals surface area contributed by atoms with Gasteiger partial charge in [0, 0.05) is 34.3 Å². The minimum absolute atomic E-state index is 0.00934. The smallest absolute Gasteiger partial charge is 0.416 e. The zero-order valence-corrected chi connectivity index (χ0v) is 50.4. The number of carboxylic acid groups (broad SMARTS) is 5. The Balaban J connectivity index is 0.000000208. The van der Waals surface area contributed by atoms with E-state index >= 15 is 0 Å². The van der Waals surface area contributed by atoms with Gasteiger partial charge >= 0.3 is 42.0 Å². The molecule has 0 aliphatic heterocycles. The SMILES string of the molecule is CC(=O)Oc1ccccc1C(=O)O.CC(C)Cc1ccc(C(C)C(=O)O)cc1.C[C@H](C(=O)O)c1ccc2cc(CO)ccc2c1.Cc1c(CC(=O)O)c2cc(CO)ccc2n1C(=O)c1ccc(Cl)cc1.O=C(O)c1ccccc1Nc1cccc(C(F)(F)F)c1. The van der Waals surface area contributed by atoms with Gasteiger partial charge in [0.2, 0.25) is 0 Å². The van der Waals surface area contributed by atoms with Gasteiger partial charge in [0.15, 0.2) is 0 Å². The molecule has 0 bridgehead atoms. The summed E-state index contributed by atoms with van der Waals surface area (Å²) in [5, 5.41) is 69.0. The van der Waals surface area contributed by atoms with Gasteiger partial charge in [-0.2, -0.15) is 13.2 Å². The summed E-state index contributed by atoms with van der Waals surface area (Å²) in [4.78, 5) is 78.1. The molecular weight excluding hydrogens is 1190 g/mol. The maximum atomic E-state index is 13.0. The van der Waals surface area contributed by atoms with Gasteiger partial charge in [-0.15, -0.1) is 0 Å². The molecule has 0 spiro atoms. The highest BCUT2D eigenvalue weighted by molar-refractivity contribution is 6.30. The minimum atomic E-state index is -4.44. The molecule has 8 aromatic carbocycles. The molecule has 21 heteroatoms. The highest BCUT2D eigenvalue weighted by atomic mass is 35.5. The van der Waals surface area contributed by atoms with E-state index in [0.29, 0.717) is 44.2 Å². The Morgan fingerprint density at radius 1 is 0.589 bits per heavy atom. The second-order valence-electron chi connectivity index (χ2n) is 20.8.